The molecule has 0 bridgehead atoms. The average Bonchev–Trinajstić information content (AvgIpc) is 2.60. The van der Waals surface area contributed by atoms with Gasteiger partial charge in [0.15, 0.2) is 0 Å². The second-order valence-corrected chi connectivity index (χ2v) is 3.03. The van der Waals surface area contributed by atoms with Crippen LogP contribution in [0.1, 0.15) is 6.42 Å². The summed E-state index contributed by atoms with van der Waals surface area (Å²) < 4.78 is 1.96. The van der Waals surface area contributed by atoms with Gasteiger partial charge < -0.3 is 5.32 Å². The molecule has 11 heavy (non-hydrogen) atoms. The van der Waals surface area contributed by atoms with Crippen LogP contribution in [0.5, 0.6) is 0 Å². The van der Waals surface area contributed by atoms with Crippen LogP contribution in [0, 0.1) is 12.1 Å². The quantitative estimate of drug-likeness (QED) is 0.657. The molecule has 1 aliphatic rings. The van der Waals surface area contributed by atoms with Gasteiger partial charge >= 0.3 is 0 Å². The van der Waals surface area contributed by atoms with Crippen molar-refractivity contribution in [3.63, 3.8) is 0 Å². The summed E-state index contributed by atoms with van der Waals surface area (Å²) in [5, 5.41) is 7.38. The topological polar surface area (TPSA) is 29.9 Å². The Morgan fingerprint density at radius 2 is 2.73 bits per heavy atom. The number of hydrogen-bond acceptors (Lipinski definition) is 2. The monoisotopic (exact) mass is 150 g/mol. The van der Waals surface area contributed by atoms with Crippen molar-refractivity contribution in [1.82, 2.24) is 15.1 Å². The Morgan fingerprint density at radius 3 is 3.36 bits per heavy atom. The maximum atomic E-state index is 4.04. The zero-order valence-corrected chi connectivity index (χ0v) is 6.45. The summed E-state index contributed by atoms with van der Waals surface area (Å²) in [5.74, 6) is 0.767. The molecule has 3 nitrogen and oxygen atoms in total. The van der Waals surface area contributed by atoms with Gasteiger partial charge in [0, 0.05) is 12.7 Å². The van der Waals surface area contributed by atoms with Crippen LogP contribution in [0.4, 0.5) is 0 Å². The Morgan fingerprint density at radius 1 is 1.73 bits per heavy atom. The smallest absolute Gasteiger partial charge is 0.113 e. The standard InChI is InChI=1S/C8H12N3/c1-3-10-11(5-1)7-8-2-4-9-6-8/h1,5,8-9H,2,4,6-7H2. The summed E-state index contributed by atoms with van der Waals surface area (Å²) in [6, 6.07) is 1.85. The third-order valence-electron chi connectivity index (χ3n) is 2.11. The van der Waals surface area contributed by atoms with Crippen molar-refractivity contribution >= 4 is 0 Å². The van der Waals surface area contributed by atoms with Gasteiger partial charge in [-0.3, -0.25) is 4.68 Å². The van der Waals surface area contributed by atoms with Crippen molar-refractivity contribution < 1.29 is 0 Å². The normalized spacial score (nSPS) is 24.2. The van der Waals surface area contributed by atoms with Crippen molar-refractivity contribution in [1.29, 1.82) is 0 Å². The molecule has 1 unspecified atom stereocenters. The molecule has 1 N–H and O–H groups in total. The fraction of sp³-hybridized carbons (Fsp3) is 0.625. The lowest BCUT2D eigenvalue weighted by molar-refractivity contribution is 0.449. The number of nitrogens with zero attached hydrogens (tertiary/aromatic N) is 2. The van der Waals surface area contributed by atoms with Crippen molar-refractivity contribution in [3.05, 3.63) is 18.5 Å². The summed E-state index contributed by atoms with van der Waals surface area (Å²) in [5.41, 5.74) is 0. The highest BCUT2D eigenvalue weighted by atomic mass is 15.3. The van der Waals surface area contributed by atoms with E-state index in [1.165, 1.54) is 6.42 Å². The Hall–Kier alpha value is -0.830. The van der Waals surface area contributed by atoms with E-state index >= 15 is 0 Å². The van der Waals surface area contributed by atoms with Gasteiger partial charge in [-0.15, -0.1) is 0 Å². The van der Waals surface area contributed by atoms with Gasteiger partial charge in [-0.05, 0) is 31.5 Å². The highest BCUT2D eigenvalue weighted by molar-refractivity contribution is 4.78. The first-order valence-corrected chi connectivity index (χ1v) is 4.05. The predicted octanol–water partition coefficient (Wildman–Crippen LogP) is 0.293. The summed E-state index contributed by atoms with van der Waals surface area (Å²) >= 11 is 0. The van der Waals surface area contributed by atoms with E-state index in [9.17, 15) is 0 Å². The van der Waals surface area contributed by atoms with Crippen LogP contribution in [0.2, 0.25) is 0 Å². The van der Waals surface area contributed by atoms with E-state index in [0.29, 0.717) is 0 Å². The van der Waals surface area contributed by atoms with Crippen LogP contribution < -0.4 is 5.32 Å². The minimum Gasteiger partial charge on any atom is -0.316 e. The van der Waals surface area contributed by atoms with Crippen LogP contribution in [-0.4, -0.2) is 22.9 Å². The highest BCUT2D eigenvalue weighted by Gasteiger charge is 2.14. The number of rotatable bonds is 2. The lowest BCUT2D eigenvalue weighted by atomic mass is 10.1. The molecule has 1 aromatic rings. The molecule has 1 fully saturated rings. The molecule has 3 heteroatoms. The highest BCUT2D eigenvalue weighted by Crippen LogP contribution is 2.08. The summed E-state index contributed by atoms with van der Waals surface area (Å²) in [6.45, 7) is 3.34. The molecule has 0 amide bonds. The van der Waals surface area contributed by atoms with E-state index in [1.807, 2.05) is 16.9 Å². The van der Waals surface area contributed by atoms with Gasteiger partial charge in [0.05, 0.1) is 0 Å². The largest absolute Gasteiger partial charge is 0.316 e. The van der Waals surface area contributed by atoms with Gasteiger partial charge in [0.25, 0.3) is 0 Å². The van der Waals surface area contributed by atoms with Crippen LogP contribution >= 0.6 is 0 Å². The zero-order chi connectivity index (χ0) is 7.52. The number of aromatic nitrogens is 2. The van der Waals surface area contributed by atoms with Crippen molar-refractivity contribution in [2.45, 2.75) is 13.0 Å². The van der Waals surface area contributed by atoms with Gasteiger partial charge in [0.1, 0.15) is 6.20 Å². The minimum absolute atomic E-state index is 0.767. The molecule has 1 atom stereocenters. The van der Waals surface area contributed by atoms with Crippen molar-refractivity contribution in [2.75, 3.05) is 13.1 Å². The number of hydrogen-bond donors (Lipinski definition) is 1. The molecule has 1 aromatic heterocycles. The third-order valence-corrected chi connectivity index (χ3v) is 2.11. The van der Waals surface area contributed by atoms with E-state index in [0.717, 1.165) is 25.6 Å². The lowest BCUT2D eigenvalue weighted by Crippen LogP contribution is -2.14. The first-order chi connectivity index (χ1) is 5.45. The van der Waals surface area contributed by atoms with Gasteiger partial charge in [-0.1, -0.05) is 0 Å². The second kappa shape index (κ2) is 3.05. The van der Waals surface area contributed by atoms with Gasteiger partial charge in [-0.2, -0.15) is 5.10 Å². The molecule has 0 saturated carbocycles. The Kier molecular flexibility index (Phi) is 1.90. The van der Waals surface area contributed by atoms with Crippen molar-refractivity contribution in [2.24, 2.45) is 5.92 Å². The molecule has 0 spiro atoms. The van der Waals surface area contributed by atoms with Crippen LogP contribution in [0.25, 0.3) is 0 Å². The zero-order valence-electron chi connectivity index (χ0n) is 6.45. The second-order valence-electron chi connectivity index (χ2n) is 3.03. The Bertz CT molecular complexity index is 199. The van der Waals surface area contributed by atoms with Crippen LogP contribution in [-0.2, 0) is 6.54 Å². The number of nitrogens with one attached hydrogen (secondary N) is 1. The van der Waals surface area contributed by atoms with Gasteiger partial charge in [0.2, 0.25) is 0 Å². The maximum absolute atomic E-state index is 4.04. The molecule has 1 aliphatic heterocycles. The predicted molar refractivity (Wildman–Crippen MR) is 42.0 cm³/mol. The van der Waals surface area contributed by atoms with E-state index < -0.39 is 0 Å². The SMILES string of the molecule is [c]1ccn(CC2CCNC2)n1. The first kappa shape index (κ1) is 6.85. The molecular formula is C8H12N3. The van der Waals surface area contributed by atoms with E-state index in [-0.39, 0.29) is 0 Å². The van der Waals surface area contributed by atoms with E-state index in [4.69, 9.17) is 0 Å². The fourth-order valence-corrected chi connectivity index (χ4v) is 1.50. The average molecular weight is 150 g/mol. The molecule has 1 radical (unpaired) electrons. The minimum atomic E-state index is 0.767. The summed E-state index contributed by atoms with van der Waals surface area (Å²) in [4.78, 5) is 0. The maximum Gasteiger partial charge on any atom is 0.113 e. The van der Waals surface area contributed by atoms with Crippen molar-refractivity contribution in [3.8, 4) is 0 Å². The molecule has 0 aromatic carbocycles. The third kappa shape index (κ3) is 1.60. The molecule has 2 rings (SSSR count). The molecule has 0 aliphatic carbocycles. The summed E-state index contributed by atoms with van der Waals surface area (Å²) in [7, 11) is 0. The van der Waals surface area contributed by atoms with E-state index in [1.54, 1.807) is 0 Å². The molecular weight excluding hydrogens is 138 g/mol. The van der Waals surface area contributed by atoms with Gasteiger partial charge in [-0.25, -0.2) is 0 Å². The molecule has 59 valence electrons. The van der Waals surface area contributed by atoms with Crippen LogP contribution in [0.3, 0.4) is 0 Å². The molecule has 2 heterocycles. The Labute approximate surface area is 66.4 Å². The first-order valence-electron chi connectivity index (χ1n) is 4.05. The lowest BCUT2D eigenvalue weighted by Gasteiger charge is -2.06. The fourth-order valence-electron chi connectivity index (χ4n) is 1.50. The molecule has 1 saturated heterocycles. The summed E-state index contributed by atoms with van der Waals surface area (Å²) in [6.07, 6.45) is 6.04. The Balaban J connectivity index is 1.90. The van der Waals surface area contributed by atoms with E-state index in [2.05, 4.69) is 16.6 Å². The van der Waals surface area contributed by atoms with Crippen LogP contribution in [0.15, 0.2) is 12.3 Å².